The van der Waals surface area contributed by atoms with Gasteiger partial charge in [0.15, 0.2) is 0 Å². The molecule has 1 amide bonds. The van der Waals surface area contributed by atoms with Crippen LogP contribution in [0.2, 0.25) is 0 Å². The molecule has 1 aromatic rings. The first kappa shape index (κ1) is 12.7. The van der Waals surface area contributed by atoms with Crippen LogP contribution in [-0.2, 0) is 4.79 Å². The number of para-hydroxylation sites is 1. The van der Waals surface area contributed by atoms with E-state index in [9.17, 15) is 4.79 Å². The van der Waals surface area contributed by atoms with Gasteiger partial charge in [0, 0.05) is 8.95 Å². The summed E-state index contributed by atoms with van der Waals surface area (Å²) in [5.74, 6) is -0.0514. The van der Waals surface area contributed by atoms with E-state index < -0.39 is 0 Å². The molecule has 0 radical (unpaired) electrons. The highest BCUT2D eigenvalue weighted by Gasteiger charge is 2.07. The van der Waals surface area contributed by atoms with E-state index in [2.05, 4.69) is 42.5 Å². The summed E-state index contributed by atoms with van der Waals surface area (Å²) in [6, 6.07) is 5.66. The van der Waals surface area contributed by atoms with Crippen LogP contribution >= 0.6 is 31.9 Å². The van der Waals surface area contributed by atoms with Gasteiger partial charge in [-0.15, -0.1) is 0 Å². The van der Waals surface area contributed by atoms with E-state index in [0.29, 0.717) is 6.54 Å². The molecule has 0 aliphatic heterocycles. The summed E-state index contributed by atoms with van der Waals surface area (Å²) in [6.07, 6.45) is 0. The Morgan fingerprint density at radius 3 is 2.47 bits per heavy atom. The molecule has 82 valence electrons. The van der Waals surface area contributed by atoms with E-state index in [1.165, 1.54) is 0 Å². The Kier molecular flexibility index (Phi) is 5.28. The normalized spacial score (nSPS) is 10.1. The summed E-state index contributed by atoms with van der Waals surface area (Å²) in [7, 11) is 0. The summed E-state index contributed by atoms with van der Waals surface area (Å²) in [4.78, 5) is 11.5. The molecule has 0 saturated heterocycles. The van der Waals surface area contributed by atoms with Gasteiger partial charge in [0.1, 0.15) is 0 Å². The first-order chi connectivity index (χ1) is 7.15. The second-order valence-corrected chi connectivity index (χ2v) is 4.63. The van der Waals surface area contributed by atoms with E-state index in [1.807, 2.05) is 25.1 Å². The highest BCUT2D eigenvalue weighted by atomic mass is 79.9. The average Bonchev–Trinajstić information content (AvgIpc) is 2.21. The monoisotopic (exact) mass is 334 g/mol. The van der Waals surface area contributed by atoms with Crippen molar-refractivity contribution in [3.05, 3.63) is 27.1 Å². The molecule has 0 atom stereocenters. The van der Waals surface area contributed by atoms with Crippen LogP contribution in [0.1, 0.15) is 6.92 Å². The minimum atomic E-state index is -0.0514. The summed E-state index contributed by atoms with van der Waals surface area (Å²) >= 11 is 6.76. The standard InChI is InChI=1S/C10H12Br2N2O/c1-2-13-6-9(15)14-10-7(11)4-3-5-8(10)12/h3-5,13H,2,6H2,1H3,(H,14,15). The number of halogens is 2. The number of carbonyl (C=O) groups excluding carboxylic acids is 1. The first-order valence-corrected chi connectivity index (χ1v) is 6.18. The fourth-order valence-corrected chi connectivity index (χ4v) is 2.24. The van der Waals surface area contributed by atoms with Crippen LogP contribution in [0.4, 0.5) is 5.69 Å². The van der Waals surface area contributed by atoms with Gasteiger partial charge in [-0.2, -0.15) is 0 Å². The molecule has 0 aliphatic rings. The molecule has 15 heavy (non-hydrogen) atoms. The van der Waals surface area contributed by atoms with Crippen LogP contribution in [0.25, 0.3) is 0 Å². The topological polar surface area (TPSA) is 41.1 Å². The van der Waals surface area contributed by atoms with Crippen LogP contribution in [0.3, 0.4) is 0 Å². The fourth-order valence-electron chi connectivity index (χ4n) is 1.04. The Hall–Kier alpha value is -0.390. The van der Waals surface area contributed by atoms with Crippen LogP contribution in [-0.4, -0.2) is 19.0 Å². The Balaban J connectivity index is 2.68. The predicted molar refractivity (Wildman–Crippen MR) is 69.0 cm³/mol. The zero-order valence-corrected chi connectivity index (χ0v) is 11.5. The van der Waals surface area contributed by atoms with Crippen LogP contribution in [0, 0.1) is 0 Å². The zero-order chi connectivity index (χ0) is 11.3. The lowest BCUT2D eigenvalue weighted by Crippen LogP contribution is -2.27. The number of benzene rings is 1. The summed E-state index contributed by atoms with van der Waals surface area (Å²) in [5.41, 5.74) is 0.764. The molecule has 0 aromatic heterocycles. The number of anilines is 1. The lowest BCUT2D eigenvalue weighted by molar-refractivity contribution is -0.115. The van der Waals surface area contributed by atoms with Gasteiger partial charge in [-0.25, -0.2) is 0 Å². The van der Waals surface area contributed by atoms with Crippen molar-refractivity contribution in [3.8, 4) is 0 Å². The second kappa shape index (κ2) is 6.25. The van der Waals surface area contributed by atoms with Crippen molar-refractivity contribution in [2.45, 2.75) is 6.92 Å². The highest BCUT2D eigenvalue weighted by molar-refractivity contribution is 9.11. The summed E-state index contributed by atoms with van der Waals surface area (Å²) in [6.45, 7) is 3.07. The molecule has 0 aliphatic carbocycles. The third-order valence-corrected chi connectivity index (χ3v) is 3.08. The van der Waals surface area contributed by atoms with Crippen molar-refractivity contribution in [1.82, 2.24) is 5.32 Å². The highest BCUT2D eigenvalue weighted by Crippen LogP contribution is 2.30. The number of hydrogen-bond acceptors (Lipinski definition) is 2. The number of hydrogen-bond donors (Lipinski definition) is 2. The number of rotatable bonds is 4. The van der Waals surface area contributed by atoms with Crippen LogP contribution < -0.4 is 10.6 Å². The predicted octanol–water partition coefficient (Wildman–Crippen LogP) is 2.76. The van der Waals surface area contributed by atoms with E-state index in [-0.39, 0.29) is 5.91 Å². The van der Waals surface area contributed by atoms with E-state index in [4.69, 9.17) is 0 Å². The largest absolute Gasteiger partial charge is 0.323 e. The van der Waals surface area contributed by atoms with Crippen molar-refractivity contribution in [2.24, 2.45) is 0 Å². The Labute approximate surface area is 106 Å². The first-order valence-electron chi connectivity index (χ1n) is 4.59. The molecule has 0 unspecified atom stereocenters. The van der Waals surface area contributed by atoms with Crippen LogP contribution in [0.5, 0.6) is 0 Å². The zero-order valence-electron chi connectivity index (χ0n) is 8.31. The molecule has 0 heterocycles. The molecule has 1 rings (SSSR count). The molecule has 0 spiro atoms. The van der Waals surface area contributed by atoms with E-state index in [0.717, 1.165) is 21.2 Å². The molecule has 0 fully saturated rings. The van der Waals surface area contributed by atoms with Crippen molar-refractivity contribution < 1.29 is 4.79 Å². The third kappa shape index (κ3) is 3.93. The SMILES string of the molecule is CCNCC(=O)Nc1c(Br)cccc1Br. The maximum atomic E-state index is 11.5. The lowest BCUT2D eigenvalue weighted by atomic mass is 10.3. The third-order valence-electron chi connectivity index (χ3n) is 1.76. The van der Waals surface area contributed by atoms with Gasteiger partial charge >= 0.3 is 0 Å². The molecular formula is C10H12Br2N2O. The molecule has 2 N–H and O–H groups in total. The summed E-state index contributed by atoms with van der Waals surface area (Å²) < 4.78 is 1.73. The molecular weight excluding hydrogens is 324 g/mol. The number of amides is 1. The maximum Gasteiger partial charge on any atom is 0.238 e. The van der Waals surface area contributed by atoms with Gasteiger partial charge < -0.3 is 10.6 Å². The summed E-state index contributed by atoms with van der Waals surface area (Å²) in [5, 5.41) is 5.78. The average molecular weight is 336 g/mol. The Morgan fingerprint density at radius 2 is 1.93 bits per heavy atom. The van der Waals surface area contributed by atoms with Gasteiger partial charge in [-0.05, 0) is 50.5 Å². The minimum Gasteiger partial charge on any atom is -0.323 e. The van der Waals surface area contributed by atoms with E-state index in [1.54, 1.807) is 0 Å². The molecule has 0 saturated carbocycles. The minimum absolute atomic E-state index is 0.0514. The number of carbonyl (C=O) groups is 1. The molecule has 5 heteroatoms. The van der Waals surface area contributed by atoms with Crippen molar-refractivity contribution in [2.75, 3.05) is 18.4 Å². The quantitative estimate of drug-likeness (QED) is 0.888. The van der Waals surface area contributed by atoms with Gasteiger partial charge in [-0.1, -0.05) is 13.0 Å². The van der Waals surface area contributed by atoms with Crippen molar-refractivity contribution in [1.29, 1.82) is 0 Å². The molecule has 1 aromatic carbocycles. The van der Waals surface area contributed by atoms with Crippen molar-refractivity contribution in [3.63, 3.8) is 0 Å². The molecule has 0 bridgehead atoms. The molecule has 3 nitrogen and oxygen atoms in total. The van der Waals surface area contributed by atoms with Gasteiger partial charge in [-0.3, -0.25) is 4.79 Å². The number of nitrogens with one attached hydrogen (secondary N) is 2. The van der Waals surface area contributed by atoms with Gasteiger partial charge in [0.2, 0.25) is 5.91 Å². The number of likely N-dealkylation sites (N-methyl/N-ethyl adjacent to an activating group) is 1. The second-order valence-electron chi connectivity index (χ2n) is 2.93. The maximum absolute atomic E-state index is 11.5. The Bertz CT molecular complexity index is 335. The fraction of sp³-hybridized carbons (Fsp3) is 0.300. The van der Waals surface area contributed by atoms with E-state index >= 15 is 0 Å². The van der Waals surface area contributed by atoms with Crippen LogP contribution in [0.15, 0.2) is 27.1 Å². The van der Waals surface area contributed by atoms with Crippen molar-refractivity contribution >= 4 is 43.5 Å². The Morgan fingerprint density at radius 1 is 1.33 bits per heavy atom. The smallest absolute Gasteiger partial charge is 0.238 e. The lowest BCUT2D eigenvalue weighted by Gasteiger charge is -2.09. The van der Waals surface area contributed by atoms with Gasteiger partial charge in [0.05, 0.1) is 12.2 Å². The van der Waals surface area contributed by atoms with Gasteiger partial charge in [0.25, 0.3) is 0 Å².